The van der Waals surface area contributed by atoms with Crippen molar-refractivity contribution < 1.29 is 0 Å². The van der Waals surface area contributed by atoms with Crippen molar-refractivity contribution in [2.24, 2.45) is 0 Å². The lowest BCUT2D eigenvalue weighted by atomic mass is 9.96. The Hall–Kier alpha value is -2.10. The van der Waals surface area contributed by atoms with Crippen LogP contribution in [0.4, 0.5) is 17.3 Å². The van der Waals surface area contributed by atoms with Gasteiger partial charge in [0, 0.05) is 24.8 Å². The smallest absolute Gasteiger partial charge is 0.139 e. The highest BCUT2D eigenvalue weighted by Crippen LogP contribution is 2.36. The normalized spacial score (nSPS) is 17.8. The Morgan fingerprint density at radius 3 is 2.85 bits per heavy atom. The highest BCUT2D eigenvalue weighted by atomic mass is 15.2. The van der Waals surface area contributed by atoms with Crippen molar-refractivity contribution in [1.29, 1.82) is 0 Å². The number of rotatable bonds is 2. The van der Waals surface area contributed by atoms with Gasteiger partial charge in [-0.2, -0.15) is 0 Å². The number of nitrogens with zero attached hydrogens (tertiary/aromatic N) is 3. The molecule has 0 spiro atoms. The van der Waals surface area contributed by atoms with Crippen molar-refractivity contribution in [1.82, 2.24) is 9.97 Å². The lowest BCUT2D eigenvalue weighted by Crippen LogP contribution is -2.34. The quantitative estimate of drug-likeness (QED) is 0.907. The standard InChI is InChI=1S/C16H20N4/c1-11-8-9-13-6-4-5-7-14(13)20(11)16-10-15(17-3)18-12(2)19-16/h4-7,10-11H,8-9H2,1-3H3,(H,17,18,19). The summed E-state index contributed by atoms with van der Waals surface area (Å²) in [5, 5.41) is 3.11. The Balaban J connectivity index is 2.11. The summed E-state index contributed by atoms with van der Waals surface area (Å²) in [5.74, 6) is 2.63. The number of hydrogen-bond donors (Lipinski definition) is 1. The molecule has 1 atom stereocenters. The van der Waals surface area contributed by atoms with E-state index in [4.69, 9.17) is 0 Å². The highest BCUT2D eigenvalue weighted by molar-refractivity contribution is 5.68. The first-order valence-electron chi connectivity index (χ1n) is 7.09. The fourth-order valence-corrected chi connectivity index (χ4v) is 2.84. The van der Waals surface area contributed by atoms with Gasteiger partial charge < -0.3 is 10.2 Å². The van der Waals surface area contributed by atoms with Crippen LogP contribution in [-0.2, 0) is 6.42 Å². The monoisotopic (exact) mass is 268 g/mol. The zero-order chi connectivity index (χ0) is 14.1. The van der Waals surface area contributed by atoms with Gasteiger partial charge in [0.25, 0.3) is 0 Å². The molecule has 1 unspecified atom stereocenters. The molecule has 0 fully saturated rings. The van der Waals surface area contributed by atoms with Crippen LogP contribution in [0.1, 0.15) is 24.7 Å². The summed E-state index contributed by atoms with van der Waals surface area (Å²) in [6.07, 6.45) is 2.28. The first kappa shape index (κ1) is 12.9. The minimum absolute atomic E-state index is 0.448. The average Bonchev–Trinajstić information content (AvgIpc) is 2.46. The van der Waals surface area contributed by atoms with Crippen LogP contribution in [0.2, 0.25) is 0 Å². The van der Waals surface area contributed by atoms with Crippen LogP contribution in [0.3, 0.4) is 0 Å². The van der Waals surface area contributed by atoms with Crippen LogP contribution in [0.5, 0.6) is 0 Å². The lowest BCUT2D eigenvalue weighted by molar-refractivity contribution is 0.612. The van der Waals surface area contributed by atoms with E-state index in [1.54, 1.807) is 0 Å². The lowest BCUT2D eigenvalue weighted by Gasteiger charge is -2.36. The maximum Gasteiger partial charge on any atom is 0.139 e. The van der Waals surface area contributed by atoms with E-state index in [9.17, 15) is 0 Å². The molecule has 104 valence electrons. The van der Waals surface area contributed by atoms with Crippen molar-refractivity contribution in [3.05, 3.63) is 41.7 Å². The third-order valence-corrected chi connectivity index (χ3v) is 3.85. The van der Waals surface area contributed by atoms with Gasteiger partial charge in [-0.3, -0.25) is 0 Å². The van der Waals surface area contributed by atoms with Crippen LogP contribution < -0.4 is 10.2 Å². The molecule has 0 amide bonds. The second-order valence-corrected chi connectivity index (χ2v) is 5.30. The molecule has 0 radical (unpaired) electrons. The molecule has 4 nitrogen and oxygen atoms in total. The molecule has 1 aliphatic rings. The minimum Gasteiger partial charge on any atom is -0.373 e. The molecule has 0 aliphatic carbocycles. The number of aryl methyl sites for hydroxylation is 2. The Kier molecular flexibility index (Phi) is 3.30. The van der Waals surface area contributed by atoms with Gasteiger partial charge in [0.2, 0.25) is 0 Å². The summed E-state index contributed by atoms with van der Waals surface area (Å²) in [5.41, 5.74) is 2.67. The number of anilines is 3. The van der Waals surface area contributed by atoms with Crippen LogP contribution in [0.25, 0.3) is 0 Å². The topological polar surface area (TPSA) is 41.0 Å². The predicted molar refractivity (Wildman–Crippen MR) is 82.7 cm³/mol. The number of hydrogen-bond acceptors (Lipinski definition) is 4. The second-order valence-electron chi connectivity index (χ2n) is 5.30. The number of para-hydroxylation sites is 1. The van der Waals surface area contributed by atoms with Crippen molar-refractivity contribution >= 4 is 17.3 Å². The molecule has 2 heterocycles. The molecule has 1 aromatic heterocycles. The Morgan fingerprint density at radius 2 is 2.05 bits per heavy atom. The maximum absolute atomic E-state index is 4.63. The molecule has 0 saturated heterocycles. The number of aromatic nitrogens is 2. The average molecular weight is 268 g/mol. The fourth-order valence-electron chi connectivity index (χ4n) is 2.84. The van der Waals surface area contributed by atoms with Crippen LogP contribution in [0, 0.1) is 6.92 Å². The third kappa shape index (κ3) is 2.22. The summed E-state index contributed by atoms with van der Waals surface area (Å²) in [6, 6.07) is 11.1. The fraction of sp³-hybridized carbons (Fsp3) is 0.375. The zero-order valence-electron chi connectivity index (χ0n) is 12.2. The summed E-state index contributed by atoms with van der Waals surface area (Å²) < 4.78 is 0. The van der Waals surface area contributed by atoms with Gasteiger partial charge in [-0.25, -0.2) is 9.97 Å². The molecule has 0 bridgehead atoms. The van der Waals surface area contributed by atoms with E-state index in [2.05, 4.69) is 51.4 Å². The minimum atomic E-state index is 0.448. The van der Waals surface area contributed by atoms with E-state index in [1.807, 2.05) is 20.0 Å². The van der Waals surface area contributed by atoms with Crippen molar-refractivity contribution in [2.75, 3.05) is 17.3 Å². The van der Waals surface area contributed by atoms with E-state index >= 15 is 0 Å². The molecular formula is C16H20N4. The van der Waals surface area contributed by atoms with Crippen LogP contribution in [-0.4, -0.2) is 23.1 Å². The largest absolute Gasteiger partial charge is 0.373 e. The second kappa shape index (κ2) is 5.12. The molecule has 4 heteroatoms. The Morgan fingerprint density at radius 1 is 1.25 bits per heavy atom. The first-order valence-corrected chi connectivity index (χ1v) is 7.09. The van der Waals surface area contributed by atoms with Crippen LogP contribution in [0.15, 0.2) is 30.3 Å². The number of benzene rings is 1. The highest BCUT2D eigenvalue weighted by Gasteiger charge is 2.25. The molecule has 1 aliphatic heterocycles. The van der Waals surface area contributed by atoms with Gasteiger partial charge in [-0.15, -0.1) is 0 Å². The SMILES string of the molecule is CNc1cc(N2c3ccccc3CCC2C)nc(C)n1. The molecule has 20 heavy (non-hydrogen) atoms. The molecule has 1 N–H and O–H groups in total. The molecule has 1 aromatic carbocycles. The van der Waals surface area contributed by atoms with Gasteiger partial charge in [0.1, 0.15) is 17.5 Å². The Bertz CT molecular complexity index is 624. The van der Waals surface area contributed by atoms with Gasteiger partial charge >= 0.3 is 0 Å². The number of nitrogens with one attached hydrogen (secondary N) is 1. The maximum atomic E-state index is 4.63. The van der Waals surface area contributed by atoms with Gasteiger partial charge in [-0.1, -0.05) is 18.2 Å². The molecular weight excluding hydrogens is 248 g/mol. The zero-order valence-corrected chi connectivity index (χ0v) is 12.2. The number of fused-ring (bicyclic) bond motifs is 1. The predicted octanol–water partition coefficient (Wildman–Crippen LogP) is 3.30. The van der Waals surface area contributed by atoms with Gasteiger partial charge in [0.15, 0.2) is 0 Å². The van der Waals surface area contributed by atoms with E-state index in [0.29, 0.717) is 6.04 Å². The third-order valence-electron chi connectivity index (χ3n) is 3.85. The van der Waals surface area contributed by atoms with E-state index in [-0.39, 0.29) is 0 Å². The summed E-state index contributed by atoms with van der Waals surface area (Å²) >= 11 is 0. The molecule has 2 aromatic rings. The van der Waals surface area contributed by atoms with E-state index in [1.165, 1.54) is 11.3 Å². The summed E-state index contributed by atoms with van der Waals surface area (Å²) in [6.45, 7) is 4.19. The van der Waals surface area contributed by atoms with Gasteiger partial charge in [0.05, 0.1) is 0 Å². The van der Waals surface area contributed by atoms with Crippen molar-refractivity contribution in [3.63, 3.8) is 0 Å². The summed E-state index contributed by atoms with van der Waals surface area (Å²) in [4.78, 5) is 11.3. The molecule has 0 saturated carbocycles. The van der Waals surface area contributed by atoms with Gasteiger partial charge in [-0.05, 0) is 38.3 Å². The van der Waals surface area contributed by atoms with Crippen molar-refractivity contribution in [3.8, 4) is 0 Å². The van der Waals surface area contributed by atoms with Crippen LogP contribution >= 0.6 is 0 Å². The summed E-state index contributed by atoms with van der Waals surface area (Å²) in [7, 11) is 1.89. The van der Waals surface area contributed by atoms with Crippen molar-refractivity contribution in [2.45, 2.75) is 32.7 Å². The Labute approximate surface area is 119 Å². The first-order chi connectivity index (χ1) is 9.69. The van der Waals surface area contributed by atoms with E-state index < -0.39 is 0 Å². The van der Waals surface area contributed by atoms with E-state index in [0.717, 1.165) is 30.3 Å². The molecule has 3 rings (SSSR count).